The summed E-state index contributed by atoms with van der Waals surface area (Å²) in [5.41, 5.74) is 0.443. The molecule has 2 saturated heterocycles. The lowest BCUT2D eigenvalue weighted by Crippen LogP contribution is -2.44. The predicted molar refractivity (Wildman–Crippen MR) is 92.2 cm³/mol. The molecule has 0 amide bonds. The van der Waals surface area contributed by atoms with Gasteiger partial charge in [-0.05, 0) is 12.8 Å². The van der Waals surface area contributed by atoms with Crippen molar-refractivity contribution in [1.29, 1.82) is 0 Å². The van der Waals surface area contributed by atoms with Crippen LogP contribution in [0.25, 0.3) is 11.2 Å². The van der Waals surface area contributed by atoms with Gasteiger partial charge in [-0.25, -0.2) is 4.79 Å². The van der Waals surface area contributed by atoms with E-state index in [2.05, 4.69) is 25.2 Å². The molecule has 2 fully saturated rings. The van der Waals surface area contributed by atoms with E-state index in [-0.39, 0.29) is 5.56 Å². The lowest BCUT2D eigenvalue weighted by atomic mass is 10.2. The van der Waals surface area contributed by atoms with Crippen molar-refractivity contribution >= 4 is 29.0 Å². The minimum atomic E-state index is -0.893. The Morgan fingerprint density at radius 2 is 2.00 bits per heavy atom. The van der Waals surface area contributed by atoms with E-state index in [4.69, 9.17) is 0 Å². The van der Waals surface area contributed by atoms with Crippen LogP contribution in [-0.4, -0.2) is 69.4 Å². The molecule has 10 nitrogen and oxygen atoms in total. The number of carboxylic acids is 1. The topological polar surface area (TPSA) is 119 Å². The molecular weight excluding hydrogens is 326 g/mol. The Kier molecular flexibility index (Phi) is 3.83. The quantitative estimate of drug-likeness (QED) is 0.655. The molecule has 0 radical (unpaired) electrons. The summed E-state index contributed by atoms with van der Waals surface area (Å²) in [4.78, 5) is 40.0. The Bertz CT molecular complexity index is 868. The number of aliphatic carboxylic acids is 1. The minimum Gasteiger partial charge on any atom is -0.480 e. The zero-order valence-corrected chi connectivity index (χ0v) is 14.0. The number of hydrogen-bond donors (Lipinski definition) is 3. The van der Waals surface area contributed by atoms with E-state index in [0.717, 1.165) is 32.6 Å². The van der Waals surface area contributed by atoms with Gasteiger partial charge in [0.1, 0.15) is 6.04 Å². The van der Waals surface area contributed by atoms with Gasteiger partial charge in [-0.3, -0.25) is 9.36 Å². The highest BCUT2D eigenvalue weighted by molar-refractivity contribution is 5.79. The number of H-pyrrole nitrogens is 1. The summed E-state index contributed by atoms with van der Waals surface area (Å²) in [7, 11) is 1.62. The molecule has 0 spiro atoms. The van der Waals surface area contributed by atoms with E-state index in [9.17, 15) is 14.7 Å². The number of hydrogen-bond acceptors (Lipinski definition) is 7. The van der Waals surface area contributed by atoms with Gasteiger partial charge in [-0.15, -0.1) is 0 Å². The fraction of sp³-hybridized carbons (Fsp3) is 0.600. The molecule has 2 aromatic heterocycles. The minimum absolute atomic E-state index is 0.245. The molecule has 25 heavy (non-hydrogen) atoms. The van der Waals surface area contributed by atoms with E-state index in [0.29, 0.717) is 36.0 Å². The van der Waals surface area contributed by atoms with E-state index in [1.165, 1.54) is 4.57 Å². The average molecular weight is 347 g/mol. The number of carboxylic acid groups (broad SMARTS) is 1. The monoisotopic (exact) mass is 347 g/mol. The largest absolute Gasteiger partial charge is 0.480 e. The summed E-state index contributed by atoms with van der Waals surface area (Å²) in [6.45, 7) is 3.90. The molecule has 0 aromatic carbocycles. The first kappa shape index (κ1) is 15.9. The van der Waals surface area contributed by atoms with Gasteiger partial charge < -0.3 is 25.2 Å². The van der Waals surface area contributed by atoms with E-state index < -0.39 is 12.0 Å². The van der Waals surface area contributed by atoms with Crippen LogP contribution in [0.1, 0.15) is 12.8 Å². The second-order valence-electron chi connectivity index (χ2n) is 6.46. The van der Waals surface area contributed by atoms with Crippen LogP contribution < -0.4 is 20.7 Å². The molecule has 1 unspecified atom stereocenters. The second kappa shape index (κ2) is 6.03. The van der Waals surface area contributed by atoms with Gasteiger partial charge in [0, 0.05) is 39.8 Å². The second-order valence-corrected chi connectivity index (χ2v) is 6.46. The summed E-state index contributed by atoms with van der Waals surface area (Å²) in [5.74, 6) is 0.102. The van der Waals surface area contributed by atoms with Crippen LogP contribution in [0.15, 0.2) is 4.79 Å². The van der Waals surface area contributed by atoms with Gasteiger partial charge >= 0.3 is 5.97 Å². The van der Waals surface area contributed by atoms with Crippen LogP contribution in [0.2, 0.25) is 0 Å². The molecule has 0 bridgehead atoms. The summed E-state index contributed by atoms with van der Waals surface area (Å²) in [5, 5.41) is 12.7. The van der Waals surface area contributed by atoms with Gasteiger partial charge in [-0.2, -0.15) is 9.97 Å². The van der Waals surface area contributed by atoms with Crippen molar-refractivity contribution in [2.45, 2.75) is 18.9 Å². The van der Waals surface area contributed by atoms with Crippen molar-refractivity contribution in [3.63, 3.8) is 0 Å². The molecule has 2 aliphatic rings. The van der Waals surface area contributed by atoms with Gasteiger partial charge in [0.15, 0.2) is 11.2 Å². The van der Waals surface area contributed by atoms with Crippen molar-refractivity contribution in [2.24, 2.45) is 7.05 Å². The number of imidazole rings is 1. The number of carbonyl (C=O) groups is 1. The zero-order chi connectivity index (χ0) is 17.6. The Labute approximate surface area is 143 Å². The Morgan fingerprint density at radius 3 is 2.72 bits per heavy atom. The highest BCUT2D eigenvalue weighted by Crippen LogP contribution is 2.24. The standard InChI is InChI=1S/C15H21N7O3/c1-20-12(23)10-11(18-14(17-10)21-7-4-16-5-8-21)19-15(20)22-6-2-3-9(22)13(24)25/h9,16H,2-8H2,1H3,(H,17,18)(H,24,25). The summed E-state index contributed by atoms with van der Waals surface area (Å²) in [6, 6.07) is -0.651. The van der Waals surface area contributed by atoms with Crippen molar-refractivity contribution in [1.82, 2.24) is 24.8 Å². The van der Waals surface area contributed by atoms with Gasteiger partial charge in [0.2, 0.25) is 11.9 Å². The van der Waals surface area contributed by atoms with Crippen LogP contribution in [0.3, 0.4) is 0 Å². The maximum atomic E-state index is 12.7. The lowest BCUT2D eigenvalue weighted by molar-refractivity contribution is -0.138. The zero-order valence-electron chi connectivity index (χ0n) is 14.0. The lowest BCUT2D eigenvalue weighted by Gasteiger charge is -2.26. The highest BCUT2D eigenvalue weighted by Gasteiger charge is 2.33. The molecule has 3 N–H and O–H groups in total. The number of nitrogens with zero attached hydrogens (tertiary/aromatic N) is 5. The average Bonchev–Trinajstić information content (AvgIpc) is 3.26. The van der Waals surface area contributed by atoms with Crippen molar-refractivity contribution in [2.75, 3.05) is 42.5 Å². The normalized spacial score (nSPS) is 21.2. The van der Waals surface area contributed by atoms with E-state index >= 15 is 0 Å². The number of aromatic amines is 1. The van der Waals surface area contributed by atoms with Crippen molar-refractivity contribution < 1.29 is 9.90 Å². The number of anilines is 2. The summed E-state index contributed by atoms with van der Waals surface area (Å²) in [6.07, 6.45) is 1.31. The van der Waals surface area contributed by atoms with E-state index in [1.54, 1.807) is 11.9 Å². The number of rotatable bonds is 3. The number of fused-ring (bicyclic) bond motifs is 1. The van der Waals surface area contributed by atoms with Gasteiger partial charge in [-0.1, -0.05) is 0 Å². The number of aromatic nitrogens is 4. The first-order valence-electron chi connectivity index (χ1n) is 8.48. The molecule has 4 heterocycles. The predicted octanol–water partition coefficient (Wildman–Crippen LogP) is -0.880. The van der Waals surface area contributed by atoms with Gasteiger partial charge in [0.05, 0.1) is 0 Å². The van der Waals surface area contributed by atoms with E-state index in [1.807, 2.05) is 0 Å². The smallest absolute Gasteiger partial charge is 0.326 e. The molecule has 134 valence electrons. The Balaban J connectivity index is 1.77. The fourth-order valence-electron chi connectivity index (χ4n) is 3.56. The molecule has 10 heteroatoms. The SMILES string of the molecule is Cn1c(N2CCCC2C(=O)O)nc2nc(N3CCNCC3)[nH]c2c1=O. The molecule has 2 aliphatic heterocycles. The van der Waals surface area contributed by atoms with Crippen molar-refractivity contribution in [3.8, 4) is 0 Å². The third-order valence-electron chi connectivity index (χ3n) is 4.91. The van der Waals surface area contributed by atoms with Crippen LogP contribution in [-0.2, 0) is 11.8 Å². The van der Waals surface area contributed by atoms with Crippen LogP contribution in [0.5, 0.6) is 0 Å². The Hall–Kier alpha value is -2.62. The number of piperazine rings is 1. The molecule has 4 rings (SSSR count). The summed E-state index contributed by atoms with van der Waals surface area (Å²) < 4.78 is 1.41. The van der Waals surface area contributed by atoms with Crippen LogP contribution in [0.4, 0.5) is 11.9 Å². The maximum absolute atomic E-state index is 12.7. The maximum Gasteiger partial charge on any atom is 0.326 e. The Morgan fingerprint density at radius 1 is 1.24 bits per heavy atom. The van der Waals surface area contributed by atoms with Gasteiger partial charge in [0.25, 0.3) is 5.56 Å². The van der Waals surface area contributed by atoms with Crippen LogP contribution in [0, 0.1) is 0 Å². The molecular formula is C15H21N7O3. The summed E-state index contributed by atoms with van der Waals surface area (Å²) >= 11 is 0. The first-order chi connectivity index (χ1) is 12.1. The third-order valence-corrected chi connectivity index (χ3v) is 4.91. The molecule has 1 atom stereocenters. The molecule has 0 saturated carbocycles. The molecule has 0 aliphatic carbocycles. The first-order valence-corrected chi connectivity index (χ1v) is 8.48. The highest BCUT2D eigenvalue weighted by atomic mass is 16.4. The number of nitrogens with one attached hydrogen (secondary N) is 2. The fourth-order valence-corrected chi connectivity index (χ4v) is 3.56. The van der Waals surface area contributed by atoms with Crippen LogP contribution >= 0.6 is 0 Å². The molecule has 2 aromatic rings. The third kappa shape index (κ3) is 2.62. The van der Waals surface area contributed by atoms with Crippen molar-refractivity contribution in [3.05, 3.63) is 10.4 Å².